The Bertz CT molecular complexity index is 285. The first-order valence-electron chi connectivity index (χ1n) is 2.71. The van der Waals surface area contributed by atoms with Crippen molar-refractivity contribution in [1.82, 2.24) is 9.73 Å². The minimum Gasteiger partial charge on any atom is -0.254 e. The van der Waals surface area contributed by atoms with E-state index in [2.05, 4.69) is 15.8 Å². The maximum atomic E-state index is 4.12. The van der Waals surface area contributed by atoms with E-state index in [9.17, 15) is 0 Å². The molecular weight excluding hydrogens is 131 g/mol. The van der Waals surface area contributed by atoms with Gasteiger partial charge in [0.1, 0.15) is 0 Å². The van der Waals surface area contributed by atoms with Crippen LogP contribution < -0.4 is 0 Å². The first kappa shape index (κ1) is 4.95. The van der Waals surface area contributed by atoms with Crippen molar-refractivity contribution in [2.45, 2.75) is 0 Å². The van der Waals surface area contributed by atoms with E-state index in [0.29, 0.717) is 8.35 Å². The molecule has 2 aromatic rings. The molecule has 0 N–H and O–H groups in total. The summed E-state index contributed by atoms with van der Waals surface area (Å²) in [5, 5.41) is 1.26. The SMILES string of the molecule is c1cnc2cn[pH]c2c1. The summed E-state index contributed by atoms with van der Waals surface area (Å²) in [6.07, 6.45) is 3.62. The average molecular weight is 136 g/mol. The van der Waals surface area contributed by atoms with Gasteiger partial charge in [-0.15, -0.1) is 0 Å². The van der Waals surface area contributed by atoms with Crippen LogP contribution in [-0.4, -0.2) is 9.73 Å². The van der Waals surface area contributed by atoms with Crippen LogP contribution >= 0.6 is 8.35 Å². The molecule has 0 saturated carbocycles. The molecule has 0 bridgehead atoms. The van der Waals surface area contributed by atoms with Crippen LogP contribution in [0.1, 0.15) is 0 Å². The van der Waals surface area contributed by atoms with E-state index >= 15 is 0 Å². The van der Waals surface area contributed by atoms with Crippen molar-refractivity contribution in [2.24, 2.45) is 0 Å². The Morgan fingerprint density at radius 3 is 3.33 bits per heavy atom. The van der Waals surface area contributed by atoms with Crippen LogP contribution in [-0.2, 0) is 0 Å². The van der Waals surface area contributed by atoms with Crippen molar-refractivity contribution >= 4 is 19.0 Å². The largest absolute Gasteiger partial charge is 0.254 e. The molecule has 0 fully saturated rings. The van der Waals surface area contributed by atoms with E-state index in [1.54, 1.807) is 6.20 Å². The highest BCUT2D eigenvalue weighted by molar-refractivity contribution is 7.32. The molecule has 2 nitrogen and oxygen atoms in total. The van der Waals surface area contributed by atoms with Gasteiger partial charge < -0.3 is 0 Å². The van der Waals surface area contributed by atoms with Crippen molar-refractivity contribution in [1.29, 1.82) is 0 Å². The Labute approximate surface area is 54.1 Å². The Morgan fingerprint density at radius 2 is 2.44 bits per heavy atom. The number of rotatable bonds is 0. The van der Waals surface area contributed by atoms with Gasteiger partial charge in [0.05, 0.1) is 11.7 Å². The fourth-order valence-corrected chi connectivity index (χ4v) is 1.52. The van der Waals surface area contributed by atoms with Crippen molar-refractivity contribution in [3.8, 4) is 0 Å². The van der Waals surface area contributed by atoms with Gasteiger partial charge in [-0.1, -0.05) is 0 Å². The molecule has 0 aliphatic heterocycles. The molecule has 2 rings (SSSR count). The van der Waals surface area contributed by atoms with Crippen LogP contribution in [0, 0.1) is 0 Å². The second-order valence-electron chi connectivity index (χ2n) is 1.81. The van der Waals surface area contributed by atoms with Crippen LogP contribution in [0.2, 0.25) is 0 Å². The normalized spacial score (nSPS) is 11.1. The Hall–Kier alpha value is -0.880. The number of pyridine rings is 1. The van der Waals surface area contributed by atoms with Crippen molar-refractivity contribution in [2.75, 3.05) is 0 Å². The molecule has 0 saturated heterocycles. The zero-order chi connectivity index (χ0) is 6.10. The average Bonchev–Trinajstić information content (AvgIpc) is 2.33. The number of aromatic nitrogens is 2. The van der Waals surface area contributed by atoms with E-state index in [1.165, 1.54) is 5.12 Å². The molecule has 2 heterocycles. The number of nitrogens with zero attached hydrogens (tertiary/aromatic N) is 2. The van der Waals surface area contributed by atoms with Crippen LogP contribution in [0.25, 0.3) is 10.6 Å². The molecule has 0 spiro atoms. The summed E-state index contributed by atoms with van der Waals surface area (Å²) in [5.41, 5.74) is 1.04. The van der Waals surface area contributed by atoms with Gasteiger partial charge in [0, 0.05) is 11.3 Å². The molecular formula is C6H5N2P. The second kappa shape index (κ2) is 1.82. The maximum Gasteiger partial charge on any atom is 0.0939 e. The topological polar surface area (TPSA) is 25.8 Å². The third-order valence-electron chi connectivity index (χ3n) is 1.21. The lowest BCUT2D eigenvalue weighted by molar-refractivity contribution is 1.41. The molecule has 44 valence electrons. The number of fused-ring (bicyclic) bond motifs is 1. The molecule has 0 aliphatic carbocycles. The van der Waals surface area contributed by atoms with Crippen molar-refractivity contribution in [3.05, 3.63) is 24.5 Å². The molecule has 0 amide bonds. The predicted octanol–water partition coefficient (Wildman–Crippen LogP) is 1.66. The molecule has 0 radical (unpaired) electrons. The Balaban J connectivity index is 2.95. The van der Waals surface area contributed by atoms with Crippen LogP contribution in [0.5, 0.6) is 0 Å². The second-order valence-corrected chi connectivity index (χ2v) is 2.83. The van der Waals surface area contributed by atoms with Gasteiger partial charge in [-0.2, -0.15) is 0 Å². The number of hydrogen-bond acceptors (Lipinski definition) is 2. The molecule has 0 aromatic carbocycles. The predicted molar refractivity (Wildman–Crippen MR) is 39.0 cm³/mol. The first-order valence-corrected chi connectivity index (χ1v) is 3.65. The highest BCUT2D eigenvalue weighted by Gasteiger charge is 1.89. The van der Waals surface area contributed by atoms with Crippen molar-refractivity contribution < 1.29 is 0 Å². The van der Waals surface area contributed by atoms with E-state index in [-0.39, 0.29) is 0 Å². The van der Waals surface area contributed by atoms with Gasteiger partial charge in [-0.25, -0.2) is 4.75 Å². The molecule has 9 heavy (non-hydrogen) atoms. The molecule has 0 aliphatic rings. The lowest BCUT2D eigenvalue weighted by atomic mass is 10.4. The van der Waals surface area contributed by atoms with Gasteiger partial charge in [-0.3, -0.25) is 4.98 Å². The minimum atomic E-state index is 0.587. The standard InChI is InChI=1S/C6H5N2P/c1-2-6-5(7-3-1)4-8-9-6/h1-4,9H. The van der Waals surface area contributed by atoms with Crippen molar-refractivity contribution in [3.63, 3.8) is 0 Å². The number of hydrogen-bond donors (Lipinski definition) is 0. The van der Waals surface area contributed by atoms with Crippen LogP contribution in [0.3, 0.4) is 0 Å². The fraction of sp³-hybridized carbons (Fsp3) is 0. The zero-order valence-electron chi connectivity index (χ0n) is 4.70. The summed E-state index contributed by atoms with van der Waals surface area (Å²) in [6.45, 7) is 0. The van der Waals surface area contributed by atoms with Gasteiger partial charge in [0.25, 0.3) is 0 Å². The summed E-state index contributed by atoms with van der Waals surface area (Å²) in [5.74, 6) is 0. The van der Waals surface area contributed by atoms with E-state index in [4.69, 9.17) is 0 Å². The molecule has 2 aromatic heterocycles. The highest BCUT2D eigenvalue weighted by Crippen LogP contribution is 2.17. The third kappa shape index (κ3) is 0.718. The van der Waals surface area contributed by atoms with Crippen LogP contribution in [0.15, 0.2) is 24.5 Å². The highest BCUT2D eigenvalue weighted by atomic mass is 31.0. The quantitative estimate of drug-likeness (QED) is 0.550. The molecule has 1 atom stereocenters. The van der Waals surface area contributed by atoms with Gasteiger partial charge in [0.15, 0.2) is 0 Å². The lowest BCUT2D eigenvalue weighted by Gasteiger charge is -1.80. The van der Waals surface area contributed by atoms with Gasteiger partial charge in [0.2, 0.25) is 0 Å². The smallest absolute Gasteiger partial charge is 0.0939 e. The summed E-state index contributed by atoms with van der Waals surface area (Å²) in [6, 6.07) is 4.01. The van der Waals surface area contributed by atoms with Gasteiger partial charge >= 0.3 is 0 Å². The van der Waals surface area contributed by atoms with E-state index in [0.717, 1.165) is 5.52 Å². The molecule has 3 heteroatoms. The van der Waals surface area contributed by atoms with Gasteiger partial charge in [-0.05, 0) is 20.5 Å². The minimum absolute atomic E-state index is 0.587. The lowest BCUT2D eigenvalue weighted by Crippen LogP contribution is -1.65. The summed E-state index contributed by atoms with van der Waals surface area (Å²) in [7, 11) is 0.587. The Morgan fingerprint density at radius 1 is 1.44 bits per heavy atom. The first-order chi connectivity index (χ1) is 4.47. The van der Waals surface area contributed by atoms with E-state index < -0.39 is 0 Å². The van der Waals surface area contributed by atoms with E-state index in [1.807, 2.05) is 12.3 Å². The summed E-state index contributed by atoms with van der Waals surface area (Å²) < 4.78 is 4.09. The fourth-order valence-electron chi connectivity index (χ4n) is 0.778. The maximum absolute atomic E-state index is 4.12. The summed E-state index contributed by atoms with van der Waals surface area (Å²) in [4.78, 5) is 4.12. The third-order valence-corrected chi connectivity index (χ3v) is 2.13. The molecule has 1 unspecified atom stereocenters. The Kier molecular flexibility index (Phi) is 0.998. The summed E-state index contributed by atoms with van der Waals surface area (Å²) >= 11 is 0. The zero-order valence-corrected chi connectivity index (χ0v) is 5.70. The van der Waals surface area contributed by atoms with Crippen LogP contribution in [0.4, 0.5) is 0 Å². The monoisotopic (exact) mass is 136 g/mol.